The number of pyridine rings is 1. The monoisotopic (exact) mass is 293 g/mol. The van der Waals surface area contributed by atoms with Crippen LogP contribution in [0.3, 0.4) is 0 Å². The first-order valence-electron chi connectivity index (χ1n) is 7.46. The Morgan fingerprint density at radius 2 is 2.00 bits per heavy atom. The van der Waals surface area contributed by atoms with Crippen LogP contribution in [0.15, 0.2) is 42.6 Å². The van der Waals surface area contributed by atoms with Crippen molar-refractivity contribution in [3.63, 3.8) is 0 Å². The van der Waals surface area contributed by atoms with E-state index >= 15 is 0 Å². The van der Waals surface area contributed by atoms with Gasteiger partial charge in [0.1, 0.15) is 5.82 Å². The van der Waals surface area contributed by atoms with Crippen LogP contribution in [0.4, 0.5) is 17.5 Å². The Bertz CT molecular complexity index is 785. The Morgan fingerprint density at radius 1 is 1.09 bits per heavy atom. The highest BCUT2D eigenvalue weighted by molar-refractivity contribution is 5.82. The van der Waals surface area contributed by atoms with E-state index in [4.69, 9.17) is 0 Å². The van der Waals surface area contributed by atoms with Crippen molar-refractivity contribution in [1.29, 1.82) is 0 Å². The molecule has 2 N–H and O–H groups in total. The van der Waals surface area contributed by atoms with Gasteiger partial charge in [0.15, 0.2) is 0 Å². The third-order valence-electron chi connectivity index (χ3n) is 3.27. The van der Waals surface area contributed by atoms with Gasteiger partial charge in [-0.15, -0.1) is 0 Å². The van der Waals surface area contributed by atoms with Gasteiger partial charge in [0.25, 0.3) is 0 Å². The summed E-state index contributed by atoms with van der Waals surface area (Å²) in [6.45, 7) is 5.00. The van der Waals surface area contributed by atoms with E-state index in [0.717, 1.165) is 41.1 Å². The van der Waals surface area contributed by atoms with Crippen molar-refractivity contribution in [2.75, 3.05) is 17.2 Å². The zero-order valence-electron chi connectivity index (χ0n) is 12.8. The molecular weight excluding hydrogens is 274 g/mol. The van der Waals surface area contributed by atoms with Gasteiger partial charge in [0.2, 0.25) is 5.95 Å². The van der Waals surface area contributed by atoms with E-state index in [1.54, 1.807) is 6.20 Å². The average Bonchev–Trinajstić information content (AvgIpc) is 2.52. The maximum absolute atomic E-state index is 4.50. The predicted octanol–water partition coefficient (Wildman–Crippen LogP) is 3.90. The second kappa shape index (κ2) is 6.39. The molecule has 0 unspecified atom stereocenters. The molecule has 22 heavy (non-hydrogen) atoms. The van der Waals surface area contributed by atoms with Gasteiger partial charge in [0.05, 0.1) is 5.52 Å². The molecule has 0 fully saturated rings. The molecule has 0 radical (unpaired) electrons. The number of rotatable bonds is 5. The Hall–Kier alpha value is -2.69. The summed E-state index contributed by atoms with van der Waals surface area (Å²) >= 11 is 0. The minimum atomic E-state index is 0.599. The molecule has 0 bridgehead atoms. The fourth-order valence-corrected chi connectivity index (χ4v) is 2.25. The molecule has 2 heterocycles. The molecule has 0 aliphatic heterocycles. The minimum absolute atomic E-state index is 0.599. The molecule has 0 aliphatic carbocycles. The standard InChI is InChI=1S/C17H19N5/c1-3-8-19-16-10-12(2)20-17(22-16)21-14-6-7-15-13(11-14)5-4-9-18-15/h4-7,9-11H,3,8H2,1-2H3,(H2,19,20,21,22). The van der Waals surface area contributed by atoms with E-state index in [2.05, 4.69) is 32.5 Å². The maximum Gasteiger partial charge on any atom is 0.229 e. The fourth-order valence-electron chi connectivity index (χ4n) is 2.25. The van der Waals surface area contributed by atoms with Gasteiger partial charge in [0, 0.05) is 35.6 Å². The molecule has 3 aromatic rings. The zero-order valence-corrected chi connectivity index (χ0v) is 12.8. The van der Waals surface area contributed by atoms with E-state index in [1.165, 1.54) is 0 Å². The topological polar surface area (TPSA) is 62.7 Å². The van der Waals surface area contributed by atoms with Crippen LogP contribution in [-0.4, -0.2) is 21.5 Å². The van der Waals surface area contributed by atoms with E-state index < -0.39 is 0 Å². The molecular formula is C17H19N5. The number of benzene rings is 1. The number of fused-ring (bicyclic) bond motifs is 1. The molecule has 5 heteroatoms. The molecule has 3 rings (SSSR count). The summed E-state index contributed by atoms with van der Waals surface area (Å²) in [5.41, 5.74) is 2.86. The highest BCUT2D eigenvalue weighted by Crippen LogP contribution is 2.20. The number of anilines is 3. The van der Waals surface area contributed by atoms with Gasteiger partial charge in [-0.3, -0.25) is 4.98 Å². The Labute approximate surface area is 129 Å². The first kappa shape index (κ1) is 14.3. The third kappa shape index (κ3) is 3.31. The van der Waals surface area contributed by atoms with Gasteiger partial charge >= 0.3 is 0 Å². The summed E-state index contributed by atoms with van der Waals surface area (Å²) in [7, 11) is 0. The van der Waals surface area contributed by atoms with Gasteiger partial charge in [-0.05, 0) is 37.6 Å². The smallest absolute Gasteiger partial charge is 0.229 e. The highest BCUT2D eigenvalue weighted by Gasteiger charge is 2.03. The lowest BCUT2D eigenvalue weighted by Gasteiger charge is -2.10. The number of nitrogens with zero attached hydrogens (tertiary/aromatic N) is 3. The molecule has 0 amide bonds. The van der Waals surface area contributed by atoms with Crippen LogP contribution in [0.2, 0.25) is 0 Å². The van der Waals surface area contributed by atoms with Crippen LogP contribution in [-0.2, 0) is 0 Å². The number of hydrogen-bond donors (Lipinski definition) is 2. The number of nitrogens with one attached hydrogen (secondary N) is 2. The molecule has 112 valence electrons. The molecule has 1 aromatic carbocycles. The van der Waals surface area contributed by atoms with Crippen molar-refractivity contribution in [3.8, 4) is 0 Å². The molecule has 0 aliphatic rings. The fraction of sp³-hybridized carbons (Fsp3) is 0.235. The van der Waals surface area contributed by atoms with Crippen molar-refractivity contribution >= 4 is 28.4 Å². The number of hydrogen-bond acceptors (Lipinski definition) is 5. The maximum atomic E-state index is 4.50. The molecule has 2 aromatic heterocycles. The lowest BCUT2D eigenvalue weighted by atomic mass is 10.2. The zero-order chi connectivity index (χ0) is 15.4. The predicted molar refractivity (Wildman–Crippen MR) is 90.6 cm³/mol. The summed E-state index contributed by atoms with van der Waals surface area (Å²) in [5, 5.41) is 7.64. The molecule has 0 saturated heterocycles. The first-order chi connectivity index (χ1) is 10.7. The van der Waals surface area contributed by atoms with Gasteiger partial charge in [-0.1, -0.05) is 13.0 Å². The molecule has 0 saturated carbocycles. The van der Waals surface area contributed by atoms with Crippen LogP contribution in [0.25, 0.3) is 10.9 Å². The van der Waals surface area contributed by atoms with Crippen molar-refractivity contribution in [2.24, 2.45) is 0 Å². The van der Waals surface area contributed by atoms with Gasteiger partial charge < -0.3 is 10.6 Å². The first-order valence-corrected chi connectivity index (χ1v) is 7.46. The van der Waals surface area contributed by atoms with Crippen molar-refractivity contribution < 1.29 is 0 Å². The Balaban J connectivity index is 1.85. The summed E-state index contributed by atoms with van der Waals surface area (Å²) < 4.78 is 0. The van der Waals surface area contributed by atoms with Crippen LogP contribution >= 0.6 is 0 Å². The molecule has 5 nitrogen and oxygen atoms in total. The molecule has 0 atom stereocenters. The summed E-state index contributed by atoms with van der Waals surface area (Å²) in [6.07, 6.45) is 2.86. The Kier molecular flexibility index (Phi) is 4.14. The van der Waals surface area contributed by atoms with Crippen molar-refractivity contribution in [1.82, 2.24) is 15.0 Å². The van der Waals surface area contributed by atoms with Crippen molar-refractivity contribution in [2.45, 2.75) is 20.3 Å². The summed E-state index contributed by atoms with van der Waals surface area (Å²) in [6, 6.07) is 11.9. The van der Waals surface area contributed by atoms with Crippen LogP contribution < -0.4 is 10.6 Å². The van der Waals surface area contributed by atoms with Gasteiger partial charge in [-0.25, -0.2) is 4.98 Å². The molecule has 0 spiro atoms. The van der Waals surface area contributed by atoms with Crippen LogP contribution in [0.5, 0.6) is 0 Å². The van der Waals surface area contributed by atoms with Crippen molar-refractivity contribution in [3.05, 3.63) is 48.3 Å². The number of aryl methyl sites for hydroxylation is 1. The van der Waals surface area contributed by atoms with E-state index in [-0.39, 0.29) is 0 Å². The van der Waals surface area contributed by atoms with E-state index in [1.807, 2.05) is 43.3 Å². The van der Waals surface area contributed by atoms with Crippen LogP contribution in [0, 0.1) is 6.92 Å². The van der Waals surface area contributed by atoms with Crippen LogP contribution in [0.1, 0.15) is 19.0 Å². The lowest BCUT2D eigenvalue weighted by molar-refractivity contribution is 0.962. The normalized spacial score (nSPS) is 10.6. The van der Waals surface area contributed by atoms with E-state index in [0.29, 0.717) is 5.95 Å². The van der Waals surface area contributed by atoms with E-state index in [9.17, 15) is 0 Å². The quantitative estimate of drug-likeness (QED) is 0.747. The second-order valence-corrected chi connectivity index (χ2v) is 5.18. The summed E-state index contributed by atoms with van der Waals surface area (Å²) in [4.78, 5) is 13.3. The second-order valence-electron chi connectivity index (χ2n) is 5.18. The Morgan fingerprint density at radius 3 is 2.86 bits per heavy atom. The van der Waals surface area contributed by atoms with Gasteiger partial charge in [-0.2, -0.15) is 4.98 Å². The highest BCUT2D eigenvalue weighted by atomic mass is 15.1. The lowest BCUT2D eigenvalue weighted by Crippen LogP contribution is -2.06. The SMILES string of the molecule is CCCNc1cc(C)nc(Nc2ccc3ncccc3c2)n1. The average molecular weight is 293 g/mol. The summed E-state index contributed by atoms with van der Waals surface area (Å²) in [5.74, 6) is 1.45. The largest absolute Gasteiger partial charge is 0.370 e. The number of aromatic nitrogens is 3. The minimum Gasteiger partial charge on any atom is -0.370 e. The third-order valence-corrected chi connectivity index (χ3v) is 3.27.